The molecule has 0 spiro atoms. The zero-order valence-electron chi connectivity index (χ0n) is 7.15. The Morgan fingerprint density at radius 3 is 2.92 bits per heavy atom. The second-order valence-corrected chi connectivity index (χ2v) is 2.77. The number of carbonyl (C=O) groups is 2. The van der Waals surface area contributed by atoms with Crippen molar-refractivity contribution in [1.82, 2.24) is 4.98 Å². The van der Waals surface area contributed by atoms with Gasteiger partial charge >= 0.3 is 0 Å². The Balaban J connectivity index is 2.60. The summed E-state index contributed by atoms with van der Waals surface area (Å²) in [5.74, 6) is -0.907. The van der Waals surface area contributed by atoms with Crippen LogP contribution < -0.4 is 4.90 Å². The molecule has 0 aromatic carbocycles. The summed E-state index contributed by atoms with van der Waals surface area (Å²) in [4.78, 5) is 27.9. The first-order chi connectivity index (χ1) is 6.25. The van der Waals surface area contributed by atoms with E-state index in [0.29, 0.717) is 17.8 Å². The number of aromatic nitrogens is 1. The number of fused-ring (bicyclic) bond motifs is 1. The maximum atomic E-state index is 11.3. The van der Waals surface area contributed by atoms with E-state index in [9.17, 15) is 9.59 Å². The van der Waals surface area contributed by atoms with Crippen molar-refractivity contribution in [2.24, 2.45) is 0 Å². The van der Waals surface area contributed by atoms with Gasteiger partial charge in [0.15, 0.2) is 0 Å². The minimum Gasteiger partial charge on any atom is -0.305 e. The van der Waals surface area contributed by atoms with E-state index in [4.69, 9.17) is 0 Å². The van der Waals surface area contributed by atoms with Crippen LogP contribution >= 0.6 is 0 Å². The van der Waals surface area contributed by atoms with Crippen LogP contribution in [-0.2, 0) is 4.79 Å². The lowest BCUT2D eigenvalue weighted by Crippen LogP contribution is -2.29. The highest BCUT2D eigenvalue weighted by atomic mass is 16.2. The molecule has 0 N–H and O–H groups in total. The number of ketones is 1. The normalized spacial score (nSPS) is 15.0. The van der Waals surface area contributed by atoms with Gasteiger partial charge in [-0.1, -0.05) is 0 Å². The Kier molecular flexibility index (Phi) is 1.62. The van der Waals surface area contributed by atoms with E-state index >= 15 is 0 Å². The summed E-state index contributed by atoms with van der Waals surface area (Å²) in [6, 6.07) is 1.68. The zero-order valence-corrected chi connectivity index (χ0v) is 7.15. The fraction of sp³-hybridized carbons (Fsp3) is 0.222. The van der Waals surface area contributed by atoms with Crippen LogP contribution in [-0.4, -0.2) is 23.2 Å². The predicted octanol–water partition coefficient (Wildman–Crippen LogP) is 0.631. The molecule has 1 aliphatic rings. The minimum absolute atomic E-state index is 0.411. The monoisotopic (exact) mass is 176 g/mol. The lowest BCUT2D eigenvalue weighted by Gasteiger charge is -2.12. The fourth-order valence-electron chi connectivity index (χ4n) is 1.46. The van der Waals surface area contributed by atoms with E-state index in [1.807, 2.05) is 6.92 Å². The van der Waals surface area contributed by atoms with Crippen LogP contribution in [0.15, 0.2) is 18.5 Å². The van der Waals surface area contributed by atoms with Crippen LogP contribution in [0.2, 0.25) is 0 Å². The van der Waals surface area contributed by atoms with E-state index in [-0.39, 0.29) is 0 Å². The molecule has 0 saturated heterocycles. The Hall–Kier alpha value is -1.71. The van der Waals surface area contributed by atoms with Crippen molar-refractivity contribution in [2.45, 2.75) is 6.92 Å². The lowest BCUT2D eigenvalue weighted by molar-refractivity contribution is -0.114. The fourth-order valence-corrected chi connectivity index (χ4v) is 1.46. The number of rotatable bonds is 1. The molecule has 4 nitrogen and oxygen atoms in total. The van der Waals surface area contributed by atoms with Gasteiger partial charge in [0.2, 0.25) is 0 Å². The molecule has 4 heteroatoms. The number of amides is 1. The predicted molar refractivity (Wildman–Crippen MR) is 46.6 cm³/mol. The van der Waals surface area contributed by atoms with Crippen molar-refractivity contribution in [2.75, 3.05) is 11.4 Å². The molecule has 0 atom stereocenters. The van der Waals surface area contributed by atoms with E-state index in [1.165, 1.54) is 11.1 Å². The van der Waals surface area contributed by atoms with Gasteiger partial charge in [0, 0.05) is 18.9 Å². The summed E-state index contributed by atoms with van der Waals surface area (Å²) in [6.45, 7) is 2.35. The highest BCUT2D eigenvalue weighted by Gasteiger charge is 2.34. The molecule has 0 aliphatic carbocycles. The number of pyridine rings is 1. The summed E-state index contributed by atoms with van der Waals surface area (Å²) >= 11 is 0. The number of hydrogen-bond acceptors (Lipinski definition) is 3. The van der Waals surface area contributed by atoms with E-state index in [1.54, 1.807) is 12.3 Å². The van der Waals surface area contributed by atoms with Crippen molar-refractivity contribution >= 4 is 17.4 Å². The third kappa shape index (κ3) is 0.950. The second-order valence-electron chi connectivity index (χ2n) is 2.77. The molecule has 1 aromatic rings. The lowest BCUT2D eigenvalue weighted by atomic mass is 10.2. The van der Waals surface area contributed by atoms with Crippen LogP contribution in [0.3, 0.4) is 0 Å². The van der Waals surface area contributed by atoms with Gasteiger partial charge in [-0.25, -0.2) is 0 Å². The number of hydrogen-bond donors (Lipinski definition) is 0. The maximum Gasteiger partial charge on any atom is 0.299 e. The highest BCUT2D eigenvalue weighted by Crippen LogP contribution is 2.26. The first-order valence-corrected chi connectivity index (χ1v) is 4.06. The average molecular weight is 176 g/mol. The second kappa shape index (κ2) is 2.65. The zero-order chi connectivity index (χ0) is 9.42. The topological polar surface area (TPSA) is 50.3 Å². The van der Waals surface area contributed by atoms with Crippen molar-refractivity contribution in [1.29, 1.82) is 0 Å². The molecule has 0 bridgehead atoms. The number of nitrogens with zero attached hydrogens (tertiary/aromatic N) is 2. The van der Waals surface area contributed by atoms with Crippen molar-refractivity contribution in [3.05, 3.63) is 24.0 Å². The summed E-state index contributed by atoms with van der Waals surface area (Å²) < 4.78 is 0. The molecular weight excluding hydrogens is 168 g/mol. The third-order valence-electron chi connectivity index (χ3n) is 2.09. The Labute approximate surface area is 75.2 Å². The van der Waals surface area contributed by atoms with Crippen molar-refractivity contribution in [3.63, 3.8) is 0 Å². The molecule has 0 saturated carbocycles. The van der Waals surface area contributed by atoms with Crippen LogP contribution in [0.1, 0.15) is 17.3 Å². The van der Waals surface area contributed by atoms with Crippen LogP contribution in [0.5, 0.6) is 0 Å². The first-order valence-electron chi connectivity index (χ1n) is 4.06. The number of carbonyl (C=O) groups excluding carboxylic acids is 2. The van der Waals surface area contributed by atoms with Gasteiger partial charge in [-0.15, -0.1) is 0 Å². The Bertz CT molecular complexity index is 387. The summed E-state index contributed by atoms with van der Waals surface area (Å²) in [6.07, 6.45) is 3.01. The van der Waals surface area contributed by atoms with Crippen molar-refractivity contribution in [3.8, 4) is 0 Å². The van der Waals surface area contributed by atoms with Gasteiger partial charge in [0.1, 0.15) is 0 Å². The summed E-state index contributed by atoms with van der Waals surface area (Å²) in [5.41, 5.74) is 1.09. The molecule has 1 aliphatic heterocycles. The smallest absolute Gasteiger partial charge is 0.299 e. The van der Waals surface area contributed by atoms with Crippen LogP contribution in [0.4, 0.5) is 5.69 Å². The van der Waals surface area contributed by atoms with Crippen molar-refractivity contribution < 1.29 is 9.59 Å². The van der Waals surface area contributed by atoms with Gasteiger partial charge in [-0.3, -0.25) is 14.6 Å². The van der Waals surface area contributed by atoms with Crippen LogP contribution in [0, 0.1) is 0 Å². The minimum atomic E-state index is -0.454. The SMILES string of the molecule is CCN1C(=O)C(=O)c2cnccc21. The van der Waals surface area contributed by atoms with E-state index < -0.39 is 11.7 Å². The van der Waals surface area contributed by atoms with E-state index in [2.05, 4.69) is 4.98 Å². The van der Waals surface area contributed by atoms with Gasteiger partial charge in [-0.05, 0) is 13.0 Å². The van der Waals surface area contributed by atoms with Gasteiger partial charge in [0.05, 0.1) is 11.3 Å². The van der Waals surface area contributed by atoms with Crippen LogP contribution in [0.25, 0.3) is 0 Å². The molecule has 0 fully saturated rings. The molecule has 1 amide bonds. The quantitative estimate of drug-likeness (QED) is 0.590. The van der Waals surface area contributed by atoms with E-state index in [0.717, 1.165) is 0 Å². The first kappa shape index (κ1) is 7.91. The summed E-state index contributed by atoms with van der Waals surface area (Å²) in [5, 5.41) is 0. The number of likely N-dealkylation sites (N-methyl/N-ethyl adjacent to an activating group) is 1. The molecular formula is C9H8N2O2. The largest absolute Gasteiger partial charge is 0.305 e. The van der Waals surface area contributed by atoms with Gasteiger partial charge in [-0.2, -0.15) is 0 Å². The van der Waals surface area contributed by atoms with Gasteiger partial charge in [0.25, 0.3) is 11.7 Å². The molecule has 13 heavy (non-hydrogen) atoms. The third-order valence-corrected chi connectivity index (χ3v) is 2.09. The molecule has 2 rings (SSSR count). The summed E-state index contributed by atoms with van der Waals surface area (Å²) in [7, 11) is 0. The number of anilines is 1. The Morgan fingerprint density at radius 2 is 2.23 bits per heavy atom. The van der Waals surface area contributed by atoms with Gasteiger partial charge < -0.3 is 4.90 Å². The highest BCUT2D eigenvalue weighted by molar-refractivity contribution is 6.52. The Morgan fingerprint density at radius 1 is 1.46 bits per heavy atom. The molecule has 2 heterocycles. The average Bonchev–Trinajstić information content (AvgIpc) is 2.41. The standard InChI is InChI=1S/C9H8N2O2/c1-2-11-7-3-4-10-5-6(7)8(12)9(11)13/h3-5H,2H2,1H3. The molecule has 66 valence electrons. The molecule has 0 unspecified atom stereocenters. The maximum absolute atomic E-state index is 11.3. The molecule has 0 radical (unpaired) electrons. The molecule has 1 aromatic heterocycles. The number of Topliss-reactive ketones (excluding diaryl/α,β-unsaturated/α-hetero) is 1.